The number of ether oxygens (including phenoxy) is 1. The molecule has 0 fully saturated rings. The van der Waals surface area contributed by atoms with Crippen LogP contribution in [0.5, 0.6) is 11.5 Å². The Morgan fingerprint density at radius 2 is 2.04 bits per heavy atom. The van der Waals surface area contributed by atoms with Crippen molar-refractivity contribution < 1.29 is 19.7 Å². The van der Waals surface area contributed by atoms with Gasteiger partial charge in [-0.15, -0.1) is 0 Å². The Morgan fingerprint density at radius 3 is 2.75 bits per heavy atom. The van der Waals surface area contributed by atoms with Crippen LogP contribution in [0.3, 0.4) is 0 Å². The molecule has 150 valence electrons. The number of β-amino-alcohol motifs (C(OH)–C–C–N with tert-alkyl or cyclic N) is 1. The number of anilines is 1. The fourth-order valence-corrected chi connectivity index (χ4v) is 3.36. The highest BCUT2D eigenvalue weighted by Gasteiger charge is 2.34. The number of carbonyl (C=O) groups is 1. The van der Waals surface area contributed by atoms with Crippen molar-refractivity contribution in [3.05, 3.63) is 52.5 Å². The smallest absolute Gasteiger partial charge is 0.268 e. The number of phenolic OH excluding ortho intramolecular Hbond substituents is 1. The highest BCUT2D eigenvalue weighted by atomic mass is 35.5. The maximum absolute atomic E-state index is 12.3. The molecule has 0 saturated heterocycles. The van der Waals surface area contributed by atoms with E-state index in [1.54, 1.807) is 6.07 Å². The Balaban J connectivity index is 1.61. The van der Waals surface area contributed by atoms with Gasteiger partial charge in [0.05, 0.1) is 5.69 Å². The van der Waals surface area contributed by atoms with Crippen LogP contribution in [-0.2, 0) is 11.2 Å². The van der Waals surface area contributed by atoms with Crippen molar-refractivity contribution >= 4 is 23.2 Å². The second-order valence-corrected chi connectivity index (χ2v) is 8.21. The van der Waals surface area contributed by atoms with Gasteiger partial charge in [0, 0.05) is 23.2 Å². The predicted molar refractivity (Wildman–Crippen MR) is 109 cm³/mol. The van der Waals surface area contributed by atoms with Gasteiger partial charge in [0.2, 0.25) is 6.10 Å². The summed E-state index contributed by atoms with van der Waals surface area (Å²) in [5, 5.41) is 26.7. The van der Waals surface area contributed by atoms with Crippen LogP contribution in [0.25, 0.3) is 0 Å². The van der Waals surface area contributed by atoms with Crippen LogP contribution < -0.4 is 15.4 Å². The number of rotatable bonds is 6. The number of aromatic hydroxyl groups is 1. The molecule has 1 amide bonds. The number of carbonyl (C=O) groups excluding carboxylic acids is 1. The summed E-state index contributed by atoms with van der Waals surface area (Å²) in [4.78, 5) is 12.3. The van der Waals surface area contributed by atoms with Crippen molar-refractivity contribution in [3.8, 4) is 11.5 Å². The molecular weight excluding hydrogens is 380 g/mol. The largest absolute Gasteiger partial charge is 0.508 e. The minimum atomic E-state index is -1.03. The van der Waals surface area contributed by atoms with E-state index in [2.05, 4.69) is 10.6 Å². The summed E-state index contributed by atoms with van der Waals surface area (Å²) in [7, 11) is 0. The topological polar surface area (TPSA) is 90.8 Å². The number of nitrogens with one attached hydrogen (secondary N) is 2. The first-order valence-electron chi connectivity index (χ1n) is 9.13. The van der Waals surface area contributed by atoms with E-state index in [-0.39, 0.29) is 17.8 Å². The zero-order valence-electron chi connectivity index (χ0n) is 16.1. The van der Waals surface area contributed by atoms with Crippen LogP contribution in [0.2, 0.25) is 5.02 Å². The Bertz CT molecular complexity index is 885. The summed E-state index contributed by atoms with van der Waals surface area (Å²) in [6, 6.07) is 10.3. The highest BCUT2D eigenvalue weighted by molar-refractivity contribution is 6.31. The fourth-order valence-electron chi connectivity index (χ4n) is 3.24. The first-order chi connectivity index (χ1) is 13.1. The standard InChI is InChI=1S/C21H25ClN2O4/c1-12-8-13(4-6-15(12)22)10-21(2,3)23-11-17(26)19-20(27)24-16-9-14(25)5-7-18(16)28-19/h4-9,17,19,23,25-26H,10-11H2,1-3H3,(H,24,27). The molecular formula is C21H25ClN2O4. The molecule has 0 bridgehead atoms. The molecule has 0 radical (unpaired) electrons. The molecule has 28 heavy (non-hydrogen) atoms. The number of aryl methyl sites for hydroxylation is 1. The normalized spacial score (nSPS) is 17.5. The molecule has 0 saturated carbocycles. The third kappa shape index (κ3) is 4.76. The van der Waals surface area contributed by atoms with Crippen molar-refractivity contribution in [3.63, 3.8) is 0 Å². The van der Waals surface area contributed by atoms with E-state index in [9.17, 15) is 15.0 Å². The van der Waals surface area contributed by atoms with Gasteiger partial charge >= 0.3 is 0 Å². The second-order valence-electron chi connectivity index (χ2n) is 7.80. The number of aliphatic hydroxyl groups is 1. The first-order valence-corrected chi connectivity index (χ1v) is 9.51. The predicted octanol–water partition coefficient (Wildman–Crippen LogP) is 3.03. The molecule has 0 aromatic heterocycles. The minimum absolute atomic E-state index is 0.0301. The maximum atomic E-state index is 12.3. The van der Waals surface area contributed by atoms with Crippen molar-refractivity contribution in [1.29, 1.82) is 0 Å². The van der Waals surface area contributed by atoms with Crippen LogP contribution >= 0.6 is 11.6 Å². The summed E-state index contributed by atoms with van der Waals surface area (Å²) >= 11 is 6.08. The summed E-state index contributed by atoms with van der Waals surface area (Å²) in [5.74, 6) is -0.00150. The Labute approximate surface area is 169 Å². The monoisotopic (exact) mass is 404 g/mol. The average molecular weight is 405 g/mol. The van der Waals surface area contributed by atoms with Crippen molar-refractivity contribution in [2.24, 2.45) is 0 Å². The van der Waals surface area contributed by atoms with E-state index in [0.717, 1.165) is 22.6 Å². The first kappa shape index (κ1) is 20.5. The van der Waals surface area contributed by atoms with Gasteiger partial charge in [-0.3, -0.25) is 4.79 Å². The molecule has 0 aliphatic carbocycles. The lowest BCUT2D eigenvalue weighted by Crippen LogP contribution is -2.53. The molecule has 2 atom stereocenters. The van der Waals surface area contributed by atoms with E-state index < -0.39 is 18.1 Å². The number of hydrogen-bond donors (Lipinski definition) is 4. The van der Waals surface area contributed by atoms with E-state index in [4.69, 9.17) is 16.3 Å². The lowest BCUT2D eigenvalue weighted by Gasteiger charge is -2.32. The molecule has 3 rings (SSSR count). The lowest BCUT2D eigenvalue weighted by atomic mass is 9.93. The van der Waals surface area contributed by atoms with Crippen LogP contribution in [0, 0.1) is 6.92 Å². The molecule has 0 spiro atoms. The van der Waals surface area contributed by atoms with Crippen molar-refractivity contribution in [2.75, 3.05) is 11.9 Å². The van der Waals surface area contributed by atoms with Crippen LogP contribution in [0.1, 0.15) is 25.0 Å². The number of halogens is 1. The van der Waals surface area contributed by atoms with Crippen LogP contribution in [-0.4, -0.2) is 40.4 Å². The third-order valence-corrected chi connectivity index (χ3v) is 5.17. The van der Waals surface area contributed by atoms with Gasteiger partial charge in [-0.25, -0.2) is 0 Å². The SMILES string of the molecule is Cc1cc(CC(C)(C)NCC(O)C2Oc3ccc(O)cc3NC2=O)ccc1Cl. The van der Waals surface area contributed by atoms with Gasteiger partial charge < -0.3 is 25.6 Å². The zero-order valence-corrected chi connectivity index (χ0v) is 16.9. The van der Waals surface area contributed by atoms with E-state index >= 15 is 0 Å². The molecule has 1 aliphatic rings. The third-order valence-electron chi connectivity index (χ3n) is 4.74. The van der Waals surface area contributed by atoms with E-state index in [0.29, 0.717) is 11.4 Å². The van der Waals surface area contributed by atoms with Gasteiger partial charge in [0.25, 0.3) is 5.91 Å². The number of hydrogen-bond acceptors (Lipinski definition) is 5. The van der Waals surface area contributed by atoms with Crippen molar-refractivity contribution in [2.45, 2.75) is 44.9 Å². The number of amides is 1. The molecule has 6 nitrogen and oxygen atoms in total. The minimum Gasteiger partial charge on any atom is -0.508 e. The van der Waals surface area contributed by atoms with Crippen LogP contribution in [0.4, 0.5) is 5.69 Å². The number of benzene rings is 2. The summed E-state index contributed by atoms with van der Waals surface area (Å²) in [5.41, 5.74) is 2.23. The Morgan fingerprint density at radius 1 is 1.29 bits per heavy atom. The molecule has 1 heterocycles. The molecule has 2 unspecified atom stereocenters. The Kier molecular flexibility index (Phi) is 5.84. The molecule has 2 aromatic rings. The quantitative estimate of drug-likeness (QED) is 0.594. The second kappa shape index (κ2) is 7.99. The number of fused-ring (bicyclic) bond motifs is 1. The number of phenols is 1. The zero-order chi connectivity index (χ0) is 20.5. The van der Waals surface area contributed by atoms with E-state index in [1.807, 2.05) is 39.0 Å². The van der Waals surface area contributed by atoms with E-state index in [1.165, 1.54) is 12.1 Å². The van der Waals surface area contributed by atoms with Gasteiger partial charge in [-0.05, 0) is 56.5 Å². The molecule has 2 aromatic carbocycles. The maximum Gasteiger partial charge on any atom is 0.268 e. The van der Waals surface area contributed by atoms with Gasteiger partial charge in [0.15, 0.2) is 0 Å². The highest BCUT2D eigenvalue weighted by Crippen LogP contribution is 2.33. The van der Waals surface area contributed by atoms with Gasteiger partial charge in [-0.1, -0.05) is 23.7 Å². The molecule has 1 aliphatic heterocycles. The lowest BCUT2D eigenvalue weighted by molar-refractivity contribution is -0.128. The summed E-state index contributed by atoms with van der Waals surface area (Å²) in [6.45, 7) is 6.21. The average Bonchev–Trinajstić information content (AvgIpc) is 2.62. The van der Waals surface area contributed by atoms with Gasteiger partial charge in [-0.2, -0.15) is 0 Å². The van der Waals surface area contributed by atoms with Crippen LogP contribution in [0.15, 0.2) is 36.4 Å². The fraction of sp³-hybridized carbons (Fsp3) is 0.381. The Hall–Kier alpha value is -2.28. The molecule has 7 heteroatoms. The summed E-state index contributed by atoms with van der Waals surface area (Å²) < 4.78 is 5.65. The molecule has 4 N–H and O–H groups in total. The number of aliphatic hydroxyl groups excluding tert-OH is 1. The van der Waals surface area contributed by atoms with Gasteiger partial charge in [0.1, 0.15) is 17.6 Å². The summed E-state index contributed by atoms with van der Waals surface area (Å²) in [6.07, 6.45) is -1.33. The van der Waals surface area contributed by atoms with Crippen molar-refractivity contribution in [1.82, 2.24) is 5.32 Å².